The Labute approximate surface area is 124 Å². The Morgan fingerprint density at radius 1 is 1.43 bits per heavy atom. The van der Waals surface area contributed by atoms with Gasteiger partial charge in [0.1, 0.15) is 16.9 Å². The lowest BCUT2D eigenvalue weighted by Gasteiger charge is -2.17. The second kappa shape index (κ2) is 5.19. The number of benzene rings is 1. The van der Waals surface area contributed by atoms with Crippen LogP contribution in [0.1, 0.15) is 49.2 Å². The van der Waals surface area contributed by atoms with Gasteiger partial charge in [-0.25, -0.2) is 4.79 Å². The second-order valence-electron chi connectivity index (χ2n) is 6.69. The Kier molecular flexibility index (Phi) is 3.49. The fourth-order valence-corrected chi connectivity index (χ4v) is 3.30. The maximum Gasteiger partial charge on any atom is 0.339 e. The first kappa shape index (κ1) is 14.1. The van der Waals surface area contributed by atoms with E-state index in [0.717, 1.165) is 12.8 Å². The first-order valence-electron chi connectivity index (χ1n) is 7.43. The van der Waals surface area contributed by atoms with Crippen molar-refractivity contribution in [3.8, 4) is 0 Å². The van der Waals surface area contributed by atoms with Crippen molar-refractivity contribution in [2.24, 2.45) is 5.41 Å². The van der Waals surface area contributed by atoms with Gasteiger partial charge >= 0.3 is 5.97 Å². The smallest absolute Gasteiger partial charge is 0.339 e. The van der Waals surface area contributed by atoms with E-state index in [9.17, 15) is 9.90 Å². The number of carbonyl (C=O) groups is 1. The minimum Gasteiger partial charge on any atom is -0.478 e. The van der Waals surface area contributed by atoms with Crippen LogP contribution in [0.3, 0.4) is 0 Å². The molecule has 1 saturated carbocycles. The molecule has 1 aliphatic rings. The largest absolute Gasteiger partial charge is 0.478 e. The van der Waals surface area contributed by atoms with Gasteiger partial charge in [0.2, 0.25) is 0 Å². The van der Waals surface area contributed by atoms with Crippen LogP contribution in [0.5, 0.6) is 0 Å². The fourth-order valence-electron chi connectivity index (χ4n) is 3.30. The molecule has 0 saturated heterocycles. The van der Waals surface area contributed by atoms with Gasteiger partial charge in [-0.05, 0) is 30.7 Å². The maximum atomic E-state index is 11.5. The first-order chi connectivity index (χ1) is 9.96. The summed E-state index contributed by atoms with van der Waals surface area (Å²) >= 11 is 0. The molecule has 4 nitrogen and oxygen atoms in total. The van der Waals surface area contributed by atoms with Crippen LogP contribution in [-0.4, -0.2) is 17.1 Å². The lowest BCUT2D eigenvalue weighted by Crippen LogP contribution is -2.27. The van der Waals surface area contributed by atoms with E-state index in [1.54, 1.807) is 6.07 Å². The van der Waals surface area contributed by atoms with Crippen LogP contribution in [0.25, 0.3) is 11.0 Å². The summed E-state index contributed by atoms with van der Waals surface area (Å²) in [6.07, 6.45) is 3.46. The van der Waals surface area contributed by atoms with Gasteiger partial charge in [-0.2, -0.15) is 0 Å². The Hall–Kier alpha value is -1.81. The molecule has 3 rings (SSSR count). The molecular formula is C17H21NO3. The summed E-state index contributed by atoms with van der Waals surface area (Å²) in [5.74, 6) is -0.406. The highest BCUT2D eigenvalue weighted by Gasteiger charge is 2.31. The Morgan fingerprint density at radius 3 is 2.86 bits per heavy atom. The van der Waals surface area contributed by atoms with Crippen molar-refractivity contribution in [1.29, 1.82) is 0 Å². The van der Waals surface area contributed by atoms with Gasteiger partial charge in [0.05, 0.1) is 6.54 Å². The fraction of sp³-hybridized carbons (Fsp3) is 0.471. The summed E-state index contributed by atoms with van der Waals surface area (Å²) in [4.78, 5) is 11.5. The molecular weight excluding hydrogens is 266 g/mol. The molecule has 1 unspecified atom stereocenters. The maximum absolute atomic E-state index is 11.5. The van der Waals surface area contributed by atoms with Crippen molar-refractivity contribution in [3.05, 3.63) is 35.6 Å². The van der Waals surface area contributed by atoms with Gasteiger partial charge < -0.3 is 14.8 Å². The number of hydrogen-bond donors (Lipinski definition) is 2. The molecule has 2 aromatic rings. The van der Waals surface area contributed by atoms with E-state index in [2.05, 4.69) is 19.2 Å². The number of para-hydroxylation sites is 1. The third-order valence-electron chi connectivity index (χ3n) is 4.40. The molecule has 1 aromatic carbocycles. The minimum atomic E-state index is -0.927. The molecule has 1 atom stereocenters. The monoisotopic (exact) mass is 287 g/mol. The van der Waals surface area contributed by atoms with Crippen molar-refractivity contribution in [2.75, 3.05) is 0 Å². The van der Waals surface area contributed by atoms with Crippen molar-refractivity contribution in [3.63, 3.8) is 0 Å². The van der Waals surface area contributed by atoms with Crippen LogP contribution < -0.4 is 5.32 Å². The SMILES string of the molecule is CC1(C)CCC(NCc2oc3ccccc3c2C(=O)O)C1. The van der Waals surface area contributed by atoms with Gasteiger partial charge in [0, 0.05) is 11.4 Å². The summed E-state index contributed by atoms with van der Waals surface area (Å²) in [7, 11) is 0. The van der Waals surface area contributed by atoms with Crippen LogP contribution in [-0.2, 0) is 6.54 Å². The number of fused-ring (bicyclic) bond motifs is 1. The number of furan rings is 1. The number of carboxylic acid groups (broad SMARTS) is 1. The van der Waals surface area contributed by atoms with E-state index in [1.165, 1.54) is 6.42 Å². The highest BCUT2D eigenvalue weighted by Crippen LogP contribution is 2.37. The van der Waals surface area contributed by atoms with E-state index in [-0.39, 0.29) is 5.56 Å². The summed E-state index contributed by atoms with van der Waals surface area (Å²) < 4.78 is 5.73. The van der Waals surface area contributed by atoms with Crippen LogP contribution in [0, 0.1) is 5.41 Å². The van der Waals surface area contributed by atoms with E-state index >= 15 is 0 Å². The Morgan fingerprint density at radius 2 is 2.19 bits per heavy atom. The molecule has 0 aliphatic heterocycles. The van der Waals surface area contributed by atoms with Crippen LogP contribution in [0.4, 0.5) is 0 Å². The van der Waals surface area contributed by atoms with E-state index in [1.807, 2.05) is 18.2 Å². The zero-order valence-corrected chi connectivity index (χ0v) is 12.5. The molecule has 0 radical (unpaired) electrons. The summed E-state index contributed by atoms with van der Waals surface area (Å²) in [6, 6.07) is 7.73. The number of nitrogens with one attached hydrogen (secondary N) is 1. The average molecular weight is 287 g/mol. The second-order valence-corrected chi connectivity index (χ2v) is 6.69. The quantitative estimate of drug-likeness (QED) is 0.898. The van der Waals surface area contributed by atoms with Crippen molar-refractivity contribution >= 4 is 16.9 Å². The minimum absolute atomic E-state index is 0.287. The molecule has 2 N–H and O–H groups in total. The third-order valence-corrected chi connectivity index (χ3v) is 4.40. The predicted molar refractivity (Wildman–Crippen MR) is 81.4 cm³/mol. The van der Waals surface area contributed by atoms with Crippen molar-refractivity contribution < 1.29 is 14.3 Å². The molecule has 1 aromatic heterocycles. The van der Waals surface area contributed by atoms with Gasteiger partial charge in [0.25, 0.3) is 0 Å². The van der Waals surface area contributed by atoms with Gasteiger partial charge in [-0.1, -0.05) is 32.0 Å². The van der Waals surface area contributed by atoms with E-state index < -0.39 is 5.97 Å². The molecule has 21 heavy (non-hydrogen) atoms. The van der Waals surface area contributed by atoms with E-state index in [0.29, 0.717) is 34.7 Å². The van der Waals surface area contributed by atoms with Crippen molar-refractivity contribution in [2.45, 2.75) is 45.7 Å². The molecule has 1 heterocycles. The topological polar surface area (TPSA) is 62.5 Å². The highest BCUT2D eigenvalue weighted by atomic mass is 16.4. The molecule has 1 aliphatic carbocycles. The number of aromatic carboxylic acids is 1. The highest BCUT2D eigenvalue weighted by molar-refractivity contribution is 6.03. The number of carboxylic acids is 1. The zero-order valence-electron chi connectivity index (χ0n) is 12.5. The third kappa shape index (κ3) is 2.81. The predicted octanol–water partition coefficient (Wildman–Crippen LogP) is 3.80. The van der Waals surface area contributed by atoms with Gasteiger partial charge in [-0.3, -0.25) is 0 Å². The molecule has 0 bridgehead atoms. The van der Waals surface area contributed by atoms with E-state index in [4.69, 9.17) is 4.42 Å². The van der Waals surface area contributed by atoms with Crippen LogP contribution >= 0.6 is 0 Å². The lowest BCUT2D eigenvalue weighted by atomic mass is 9.92. The molecule has 1 fully saturated rings. The Bertz CT molecular complexity index is 672. The van der Waals surface area contributed by atoms with Gasteiger partial charge in [0.15, 0.2) is 0 Å². The molecule has 4 heteroatoms. The van der Waals surface area contributed by atoms with Gasteiger partial charge in [-0.15, -0.1) is 0 Å². The summed E-state index contributed by atoms with van der Waals surface area (Å²) in [5.41, 5.74) is 1.30. The number of rotatable bonds is 4. The van der Waals surface area contributed by atoms with Crippen molar-refractivity contribution in [1.82, 2.24) is 5.32 Å². The lowest BCUT2D eigenvalue weighted by molar-refractivity contribution is 0.0696. The zero-order chi connectivity index (χ0) is 15.0. The standard InChI is InChI=1S/C17H21NO3/c1-17(2)8-7-11(9-17)18-10-14-15(16(19)20)12-5-3-4-6-13(12)21-14/h3-6,11,18H,7-10H2,1-2H3,(H,19,20). The molecule has 0 spiro atoms. The summed E-state index contributed by atoms with van der Waals surface area (Å²) in [6.45, 7) is 5.02. The van der Waals surface area contributed by atoms with Crippen LogP contribution in [0.2, 0.25) is 0 Å². The molecule has 112 valence electrons. The first-order valence-corrected chi connectivity index (χ1v) is 7.43. The summed E-state index contributed by atoms with van der Waals surface area (Å²) in [5, 5.41) is 13.6. The number of hydrogen-bond acceptors (Lipinski definition) is 3. The Balaban J connectivity index is 1.81. The normalized spacial score (nSPS) is 21.0. The average Bonchev–Trinajstić information content (AvgIpc) is 2.95. The van der Waals surface area contributed by atoms with Crippen LogP contribution in [0.15, 0.2) is 28.7 Å². The molecule has 0 amide bonds.